The van der Waals surface area contributed by atoms with E-state index in [9.17, 15) is 0 Å². The number of hydrazine groups is 6. The van der Waals surface area contributed by atoms with Crippen molar-refractivity contribution in [3.8, 4) is 0 Å². The van der Waals surface area contributed by atoms with Gasteiger partial charge in [-0.2, -0.15) is 27.7 Å². The van der Waals surface area contributed by atoms with Gasteiger partial charge in [-0.05, 0) is 0 Å². The molecule has 0 aromatic heterocycles. The molecule has 7 N–H and O–H groups in total. The van der Waals surface area contributed by atoms with Crippen molar-refractivity contribution in [3.05, 3.63) is 0 Å². The van der Waals surface area contributed by atoms with Gasteiger partial charge in [0, 0.05) is 0 Å². The van der Waals surface area contributed by atoms with Gasteiger partial charge in [0.05, 0.1) is 6.54 Å². The Morgan fingerprint density at radius 2 is 1.70 bits per heavy atom. The Morgan fingerprint density at radius 1 is 1.10 bits per heavy atom. The molecule has 0 radical (unpaired) electrons. The fourth-order valence-corrected chi connectivity index (χ4v) is 0.505. The van der Waals surface area contributed by atoms with Crippen LogP contribution in [0.1, 0.15) is 0 Å². The number of nitrogens with zero attached hydrogens (tertiary/aromatic N) is 1. The van der Waals surface area contributed by atoms with E-state index in [1.54, 1.807) is 0 Å². The first-order valence-electron chi connectivity index (χ1n) is 2.69. The van der Waals surface area contributed by atoms with Crippen molar-refractivity contribution in [2.45, 2.75) is 6.29 Å². The molecule has 8 heteroatoms. The van der Waals surface area contributed by atoms with Gasteiger partial charge in [-0.3, -0.25) is 0 Å². The van der Waals surface area contributed by atoms with E-state index in [4.69, 9.17) is 10.2 Å². The maximum atomic E-state index is 8.46. The topological polar surface area (TPSA) is 104 Å². The molecule has 1 aliphatic heterocycles. The van der Waals surface area contributed by atoms with E-state index in [2.05, 4.69) is 27.7 Å². The van der Waals surface area contributed by atoms with Gasteiger partial charge < -0.3 is 10.2 Å². The summed E-state index contributed by atoms with van der Waals surface area (Å²) in [6, 6.07) is 0. The molecule has 1 aliphatic rings. The van der Waals surface area contributed by atoms with Crippen LogP contribution in [0.2, 0.25) is 0 Å². The lowest BCUT2D eigenvalue weighted by atomic mass is 10.6. The molecule has 1 saturated heterocycles. The lowest BCUT2D eigenvalue weighted by Crippen LogP contribution is -2.73. The molecule has 0 aliphatic carbocycles. The minimum atomic E-state index is -1.39. The molecule has 60 valence electrons. The molecule has 0 aromatic carbocycles. The highest BCUT2D eigenvalue weighted by molar-refractivity contribution is 4.43. The van der Waals surface area contributed by atoms with Crippen molar-refractivity contribution in [1.29, 1.82) is 0 Å². The minimum absolute atomic E-state index is 0.0294. The third-order valence-electron chi connectivity index (χ3n) is 0.853. The lowest BCUT2D eigenvalue weighted by Gasteiger charge is -2.29. The molecule has 1 heterocycles. The van der Waals surface area contributed by atoms with Crippen molar-refractivity contribution in [2.24, 2.45) is 0 Å². The highest BCUT2D eigenvalue weighted by Gasteiger charge is 2.09. The molecule has 0 amide bonds. The summed E-state index contributed by atoms with van der Waals surface area (Å²) in [5.74, 6) is 0. The molecular formula is C2H10N6O2. The zero-order valence-corrected chi connectivity index (χ0v) is 5.13. The first-order valence-corrected chi connectivity index (χ1v) is 2.69. The van der Waals surface area contributed by atoms with Gasteiger partial charge in [-0.1, -0.05) is 0 Å². The van der Waals surface area contributed by atoms with Gasteiger partial charge >= 0.3 is 0 Å². The molecule has 0 bridgehead atoms. The summed E-state index contributed by atoms with van der Waals surface area (Å²) in [7, 11) is 0. The summed E-state index contributed by atoms with van der Waals surface area (Å²) in [5.41, 5.74) is 12.5. The number of hydrogen-bond donors (Lipinski definition) is 7. The Morgan fingerprint density at radius 3 is 2.20 bits per heavy atom. The van der Waals surface area contributed by atoms with Gasteiger partial charge in [-0.15, -0.1) is 5.12 Å². The quantitative estimate of drug-likeness (QED) is 0.200. The standard InChI is InChI=1S/C2H10N6O2/c9-2(10)1-8-6-4-3-5-7-8/h2-7,9-10H,1H2. The van der Waals surface area contributed by atoms with Crippen molar-refractivity contribution >= 4 is 0 Å². The second-order valence-corrected chi connectivity index (χ2v) is 1.69. The van der Waals surface area contributed by atoms with Crippen LogP contribution in [0.5, 0.6) is 0 Å². The Kier molecular flexibility index (Phi) is 2.92. The smallest absolute Gasteiger partial charge is 0.167 e. The molecule has 10 heavy (non-hydrogen) atoms. The van der Waals surface area contributed by atoms with Crippen LogP contribution in [-0.2, 0) is 0 Å². The number of nitrogens with one attached hydrogen (secondary N) is 5. The highest BCUT2D eigenvalue weighted by Crippen LogP contribution is 1.77. The fourth-order valence-electron chi connectivity index (χ4n) is 0.505. The van der Waals surface area contributed by atoms with E-state index in [1.807, 2.05) is 0 Å². The van der Waals surface area contributed by atoms with E-state index in [0.717, 1.165) is 0 Å². The van der Waals surface area contributed by atoms with Crippen molar-refractivity contribution in [3.63, 3.8) is 0 Å². The molecule has 0 aromatic rings. The summed E-state index contributed by atoms with van der Waals surface area (Å²) in [6.07, 6.45) is -1.39. The fraction of sp³-hybridized carbons (Fsp3) is 1.00. The van der Waals surface area contributed by atoms with Crippen LogP contribution in [0.3, 0.4) is 0 Å². The van der Waals surface area contributed by atoms with Gasteiger partial charge in [-0.25, -0.2) is 0 Å². The maximum absolute atomic E-state index is 8.46. The molecule has 1 rings (SSSR count). The number of aliphatic hydroxyl groups excluding tert-OH is 1. The molecule has 0 atom stereocenters. The molecule has 0 saturated carbocycles. The normalized spacial score (nSPS) is 21.9. The molecule has 0 unspecified atom stereocenters. The lowest BCUT2D eigenvalue weighted by molar-refractivity contribution is -0.112. The second-order valence-electron chi connectivity index (χ2n) is 1.69. The van der Waals surface area contributed by atoms with Crippen LogP contribution in [0.15, 0.2) is 0 Å². The van der Waals surface area contributed by atoms with Crippen molar-refractivity contribution in [1.82, 2.24) is 32.8 Å². The largest absolute Gasteiger partial charge is 0.367 e. The van der Waals surface area contributed by atoms with E-state index in [1.165, 1.54) is 5.12 Å². The van der Waals surface area contributed by atoms with Gasteiger partial charge in [0.2, 0.25) is 0 Å². The molecule has 8 nitrogen and oxygen atoms in total. The highest BCUT2D eigenvalue weighted by atomic mass is 16.5. The summed E-state index contributed by atoms with van der Waals surface area (Å²) in [6.45, 7) is 0.0294. The van der Waals surface area contributed by atoms with E-state index >= 15 is 0 Å². The number of aliphatic hydroxyl groups is 2. The zero-order chi connectivity index (χ0) is 7.40. The summed E-state index contributed by atoms with van der Waals surface area (Å²) in [4.78, 5) is 0. The Hall–Kier alpha value is -0.320. The van der Waals surface area contributed by atoms with E-state index in [0.29, 0.717) is 0 Å². The van der Waals surface area contributed by atoms with Gasteiger partial charge in [0.25, 0.3) is 0 Å². The van der Waals surface area contributed by atoms with Crippen LogP contribution in [0.25, 0.3) is 0 Å². The molecule has 0 spiro atoms. The third-order valence-corrected chi connectivity index (χ3v) is 0.853. The number of rotatable bonds is 2. The zero-order valence-electron chi connectivity index (χ0n) is 5.13. The third kappa shape index (κ3) is 2.51. The number of β-amino-alcohol motifs (C(OH)–C–C–N with tert-alkyl or cyclic N) is 2. The number of hydrogen-bond acceptors (Lipinski definition) is 8. The summed E-state index contributed by atoms with van der Waals surface area (Å²) < 4.78 is 0. The van der Waals surface area contributed by atoms with Crippen molar-refractivity contribution in [2.75, 3.05) is 6.54 Å². The second kappa shape index (κ2) is 3.75. The summed E-state index contributed by atoms with van der Waals surface area (Å²) >= 11 is 0. The van der Waals surface area contributed by atoms with Gasteiger partial charge in [0.15, 0.2) is 6.29 Å². The first-order chi connectivity index (χ1) is 4.79. The van der Waals surface area contributed by atoms with Crippen LogP contribution in [0, 0.1) is 0 Å². The van der Waals surface area contributed by atoms with E-state index in [-0.39, 0.29) is 6.54 Å². The predicted molar refractivity (Wildman–Crippen MR) is 30.6 cm³/mol. The Labute approximate surface area is 57.0 Å². The average Bonchev–Trinajstić information content (AvgIpc) is 1.88. The average molecular weight is 150 g/mol. The minimum Gasteiger partial charge on any atom is -0.367 e. The van der Waals surface area contributed by atoms with Gasteiger partial charge in [0.1, 0.15) is 0 Å². The molecule has 1 fully saturated rings. The first kappa shape index (κ1) is 7.78. The molecular weight excluding hydrogens is 140 g/mol. The van der Waals surface area contributed by atoms with E-state index < -0.39 is 6.29 Å². The van der Waals surface area contributed by atoms with Crippen molar-refractivity contribution < 1.29 is 10.2 Å². The van der Waals surface area contributed by atoms with Crippen LogP contribution in [-0.4, -0.2) is 28.2 Å². The Balaban J connectivity index is 2.13. The monoisotopic (exact) mass is 150 g/mol. The maximum Gasteiger partial charge on any atom is 0.167 e. The van der Waals surface area contributed by atoms with Crippen LogP contribution in [0.4, 0.5) is 0 Å². The van der Waals surface area contributed by atoms with Crippen LogP contribution >= 0.6 is 0 Å². The predicted octanol–water partition coefficient (Wildman–Crippen LogP) is -3.95. The van der Waals surface area contributed by atoms with Crippen LogP contribution < -0.4 is 27.7 Å². The SMILES string of the molecule is OC(O)CN1NNNNN1. The summed E-state index contributed by atoms with van der Waals surface area (Å²) in [5, 5.41) is 18.2. The Bertz CT molecular complexity index is 91.7.